The van der Waals surface area contributed by atoms with E-state index in [0.717, 1.165) is 71.8 Å². The Balaban J connectivity index is 1.84. The number of azo groups is 2. The lowest BCUT2D eigenvalue weighted by Crippen LogP contribution is -2.32. The molecule has 0 bridgehead atoms. The molecule has 0 saturated heterocycles. The molecule has 0 spiro atoms. The number of carbonyl (C=O) groups excluding carboxylic acids is 2. The Kier molecular flexibility index (Phi) is 19.5. The maximum absolute atomic E-state index is 13.8. The smallest absolute Gasteiger partial charge is 0.415 e. The van der Waals surface area contributed by atoms with E-state index < -0.39 is 174 Å². The zero-order valence-electron chi connectivity index (χ0n) is 38.2. The van der Waals surface area contributed by atoms with E-state index in [4.69, 9.17) is 30.7 Å². The summed E-state index contributed by atoms with van der Waals surface area (Å²) in [5.41, 5.74) is -2.57. The summed E-state index contributed by atoms with van der Waals surface area (Å²) in [6.45, 7) is -1.05. The summed E-state index contributed by atoms with van der Waals surface area (Å²) >= 11 is 0. The van der Waals surface area contributed by atoms with Crippen molar-refractivity contribution >= 4 is 106 Å². The molecule has 0 fully saturated rings. The molecule has 10 N–H and O–H groups in total. The van der Waals surface area contributed by atoms with Crippen LogP contribution in [0.3, 0.4) is 0 Å². The number of carbonyl (C=O) groups is 2. The van der Waals surface area contributed by atoms with Gasteiger partial charge in [0, 0.05) is 35.0 Å². The molecule has 4 aromatic carbocycles. The number of ether oxygens (including phenoxy) is 4. The third-order valence-electron chi connectivity index (χ3n) is 9.38. The Morgan fingerprint density at radius 3 is 1.46 bits per heavy atom. The number of hydrogen-bond acceptors (Lipinski definition) is 33. The number of methoxy groups -OCH3 is 4. The molecule has 1 unspecified atom stereocenters. The minimum atomic E-state index is -5.32. The number of nitrogens with one attached hydrogen (secondary N) is 1. The first-order chi connectivity index (χ1) is 34.4. The van der Waals surface area contributed by atoms with Crippen molar-refractivity contribution in [2.75, 3.05) is 58.5 Å². The number of ketones is 1. The Morgan fingerprint density at radius 1 is 0.581 bits per heavy atom. The van der Waals surface area contributed by atoms with Crippen molar-refractivity contribution in [3.05, 3.63) is 42.5 Å². The topological polar surface area (TPSA) is 517 Å². The molecule has 4 rings (SSSR count). The monoisotopic (exact) mass is 1170 g/mol. The molecule has 0 aliphatic rings. The molecule has 0 heterocycles. The number of Topliss-reactive ketones (excluding diaryl/α,β-unsaturated/α-hetero) is 1. The van der Waals surface area contributed by atoms with Crippen LogP contribution in [0.25, 0.3) is 10.8 Å². The number of rotatable bonds is 27. The van der Waals surface area contributed by atoms with Gasteiger partial charge in [0.2, 0.25) is 6.04 Å². The van der Waals surface area contributed by atoms with Gasteiger partial charge in [-0.3, -0.25) is 9.59 Å². The highest BCUT2D eigenvalue weighted by Crippen LogP contribution is 2.47. The SMILES string of the molecule is COc1cc(S(=O)(=O)CCOS(=O)(=O)ON)c(OC)cc1N=Nc1c(S(=O)(=O)ON)cc2c(S(=O)(=O)ON)c(NC(=O)C(N=Nc3cc(OC)c(S(=O)(=O)CCOS(=O)(=O)ON)cc3OC)C(C)=O)ccc2c1O. The molecule has 1 atom stereocenters. The lowest BCUT2D eigenvalue weighted by atomic mass is 10.1. The van der Waals surface area contributed by atoms with Gasteiger partial charge < -0.3 is 29.4 Å². The van der Waals surface area contributed by atoms with E-state index in [1.807, 2.05) is 0 Å². The predicted octanol–water partition coefficient (Wildman–Crippen LogP) is -0.316. The van der Waals surface area contributed by atoms with Gasteiger partial charge in [-0.05, 0) is 25.1 Å². The molecule has 40 heteroatoms. The van der Waals surface area contributed by atoms with E-state index in [2.05, 4.69) is 63.1 Å². The Labute approximate surface area is 419 Å². The molecule has 0 aliphatic carbocycles. The van der Waals surface area contributed by atoms with Crippen molar-refractivity contribution in [2.45, 2.75) is 32.5 Å². The molecule has 34 nitrogen and oxygen atoms in total. The van der Waals surface area contributed by atoms with Gasteiger partial charge in [0.1, 0.15) is 59.6 Å². The van der Waals surface area contributed by atoms with Crippen LogP contribution in [0, 0.1) is 0 Å². The molecule has 0 radical (unpaired) electrons. The van der Waals surface area contributed by atoms with E-state index >= 15 is 0 Å². The van der Waals surface area contributed by atoms with Crippen LogP contribution in [0.1, 0.15) is 6.92 Å². The number of nitrogens with two attached hydrogens (primary N) is 4. The number of aromatic hydroxyl groups is 1. The van der Waals surface area contributed by atoms with Crippen molar-refractivity contribution in [1.82, 2.24) is 0 Å². The summed E-state index contributed by atoms with van der Waals surface area (Å²) in [6, 6.07) is 3.71. The zero-order valence-corrected chi connectivity index (χ0v) is 43.1. The van der Waals surface area contributed by atoms with Gasteiger partial charge in [-0.2, -0.15) is 84.6 Å². The molecular formula is C34H41N9O25S6. The number of fused-ring (bicyclic) bond motifs is 1. The van der Waals surface area contributed by atoms with Gasteiger partial charge in [-0.15, -0.1) is 10.2 Å². The average Bonchev–Trinajstić information content (AvgIpc) is 3.34. The number of nitrogens with zero attached hydrogens (tertiary/aromatic N) is 4. The second kappa shape index (κ2) is 24.0. The van der Waals surface area contributed by atoms with Crippen LogP contribution >= 0.6 is 0 Å². The number of hydrogen-bond donors (Lipinski definition) is 6. The highest BCUT2D eigenvalue weighted by atomic mass is 32.3. The molecular weight excluding hydrogens is 1130 g/mol. The van der Waals surface area contributed by atoms with Gasteiger partial charge in [0.25, 0.3) is 5.91 Å². The molecule has 74 heavy (non-hydrogen) atoms. The summed E-state index contributed by atoms with van der Waals surface area (Å²) in [6.07, 6.45) is 0. The van der Waals surface area contributed by atoms with E-state index in [-0.39, 0.29) is 11.4 Å². The third kappa shape index (κ3) is 13.9. The first-order valence-corrected chi connectivity index (χ1v) is 28.0. The van der Waals surface area contributed by atoms with Crippen LogP contribution in [0.2, 0.25) is 0 Å². The summed E-state index contributed by atoms with van der Waals surface area (Å²) in [4.78, 5) is 23.1. The average molecular weight is 1170 g/mol. The van der Waals surface area contributed by atoms with Gasteiger partial charge in [0.15, 0.2) is 31.2 Å². The minimum Gasteiger partial charge on any atom is -0.505 e. The quantitative estimate of drug-likeness (QED) is 0.0253. The zero-order chi connectivity index (χ0) is 55.8. The highest BCUT2D eigenvalue weighted by molar-refractivity contribution is 7.92. The van der Waals surface area contributed by atoms with Gasteiger partial charge in [-0.25, -0.2) is 25.2 Å². The summed E-state index contributed by atoms with van der Waals surface area (Å²) in [5, 5.41) is 27.5. The molecule has 0 saturated carbocycles. The van der Waals surface area contributed by atoms with Crippen LogP contribution in [0.15, 0.2) is 82.5 Å². The van der Waals surface area contributed by atoms with Crippen molar-refractivity contribution < 1.29 is 110 Å². The standard InChI is InChI=1S/C34H41N9O25S6/c1-17(44)30(42-40-21-13-25(61-4)27(15-23(21)59-2)69(47,48)10-8-63-73(55,56)67-37)34(46)39-20-7-6-18-19(33(20)72(53,54)66-36)12-29(71(51,52)65-35)31(32(18)45)43-41-22-14-26(62-5)28(16-24(22)60-3)70(49,50)11-9-64-74(57,58)68-38/h6-7,12-16,30,45H,8-11,35-38H2,1-5H3,(H,39,46). The van der Waals surface area contributed by atoms with Gasteiger partial charge >= 0.3 is 41.0 Å². The van der Waals surface area contributed by atoms with Crippen LogP contribution in [0.5, 0.6) is 28.7 Å². The molecule has 1 amide bonds. The Hall–Kier alpha value is -6.22. The largest absolute Gasteiger partial charge is 0.505 e. The highest BCUT2D eigenvalue weighted by Gasteiger charge is 2.33. The third-order valence-corrected chi connectivity index (χ3v) is 16.4. The minimum absolute atomic E-state index is 0.355. The molecule has 0 aromatic heterocycles. The maximum atomic E-state index is 13.8. The van der Waals surface area contributed by atoms with Crippen molar-refractivity contribution in [1.29, 1.82) is 0 Å². The molecule has 408 valence electrons. The van der Waals surface area contributed by atoms with E-state index in [0.29, 0.717) is 6.07 Å². The second-order valence-corrected chi connectivity index (χ2v) is 23.5. The number of phenolic OH excluding ortho intramolecular Hbond substituents is 1. The van der Waals surface area contributed by atoms with Crippen LogP contribution in [-0.4, -0.2) is 127 Å². The molecule has 0 aliphatic heterocycles. The van der Waals surface area contributed by atoms with Crippen LogP contribution in [0.4, 0.5) is 22.7 Å². The maximum Gasteiger partial charge on any atom is 0.415 e. The van der Waals surface area contributed by atoms with Crippen molar-refractivity contribution in [2.24, 2.45) is 44.0 Å². The number of phenols is 1. The fraction of sp³-hybridized carbons (Fsp3) is 0.294. The molecule has 4 aromatic rings. The lowest BCUT2D eigenvalue weighted by Gasteiger charge is -2.17. The Morgan fingerprint density at radius 2 is 1.04 bits per heavy atom. The van der Waals surface area contributed by atoms with Gasteiger partial charge in [0.05, 0.1) is 58.8 Å². The number of benzene rings is 4. The summed E-state index contributed by atoms with van der Waals surface area (Å²) < 4.78 is 197. The number of sulfone groups is 2. The number of anilines is 1. The van der Waals surface area contributed by atoms with Crippen LogP contribution < -0.4 is 47.9 Å². The summed E-state index contributed by atoms with van der Waals surface area (Å²) in [7, 11) is -24.8. The van der Waals surface area contributed by atoms with E-state index in [1.54, 1.807) is 0 Å². The van der Waals surface area contributed by atoms with Crippen LogP contribution in [-0.2, 0) is 95.8 Å². The first kappa shape index (κ1) is 60.3. The van der Waals surface area contributed by atoms with Gasteiger partial charge in [-0.1, -0.05) is 0 Å². The Bertz CT molecular complexity index is 3600. The first-order valence-electron chi connectivity index (χ1n) is 19.2. The fourth-order valence-corrected chi connectivity index (χ4v) is 11.1. The number of amides is 1. The van der Waals surface area contributed by atoms with Crippen molar-refractivity contribution in [3.63, 3.8) is 0 Å². The van der Waals surface area contributed by atoms with E-state index in [1.165, 1.54) is 0 Å². The summed E-state index contributed by atoms with van der Waals surface area (Å²) in [5.74, 6) is 12.1. The van der Waals surface area contributed by atoms with Crippen molar-refractivity contribution in [3.8, 4) is 28.7 Å². The normalized spacial score (nSPS) is 13.3. The second-order valence-electron chi connectivity index (χ2n) is 13.8. The van der Waals surface area contributed by atoms with E-state index in [9.17, 15) is 65.2 Å². The fourth-order valence-electron chi connectivity index (χ4n) is 6.01. The predicted molar refractivity (Wildman–Crippen MR) is 246 cm³/mol. The lowest BCUT2D eigenvalue weighted by molar-refractivity contribution is -0.126.